The Morgan fingerprint density at radius 2 is 2.17 bits per heavy atom. The summed E-state index contributed by atoms with van der Waals surface area (Å²) in [6.45, 7) is 4.22. The van der Waals surface area contributed by atoms with E-state index in [0.717, 1.165) is 6.42 Å². The van der Waals surface area contributed by atoms with Crippen LogP contribution < -0.4 is 10.2 Å². The van der Waals surface area contributed by atoms with Crippen molar-refractivity contribution >= 4 is 29.2 Å². The van der Waals surface area contributed by atoms with Gasteiger partial charge in [0.05, 0.1) is 5.92 Å². The zero-order valence-electron chi connectivity index (χ0n) is 13.4. The summed E-state index contributed by atoms with van der Waals surface area (Å²) in [4.78, 5) is 36.4. The Bertz CT molecular complexity index is 614. The van der Waals surface area contributed by atoms with Gasteiger partial charge < -0.3 is 15.3 Å². The van der Waals surface area contributed by atoms with Gasteiger partial charge in [0, 0.05) is 30.8 Å². The van der Waals surface area contributed by atoms with E-state index in [2.05, 4.69) is 5.32 Å². The quantitative estimate of drug-likeness (QED) is 0.843. The average Bonchev–Trinajstić information content (AvgIpc) is 2.89. The second-order valence-electron chi connectivity index (χ2n) is 6.06. The molecule has 1 saturated heterocycles. The number of nitrogens with zero attached hydrogens (tertiary/aromatic N) is 1. The molecule has 23 heavy (non-hydrogen) atoms. The van der Waals surface area contributed by atoms with Crippen molar-refractivity contribution in [2.75, 3.05) is 16.8 Å². The van der Waals surface area contributed by atoms with Crippen LogP contribution in [0.3, 0.4) is 0 Å². The van der Waals surface area contributed by atoms with E-state index >= 15 is 0 Å². The van der Waals surface area contributed by atoms with Crippen LogP contribution in [0.15, 0.2) is 24.3 Å². The molecule has 1 fully saturated rings. The SMILES string of the molecule is CC[C@@H](C)CC(=O)Nc1cccc(N2C[C@H](C(=O)O)CC2=O)c1. The van der Waals surface area contributed by atoms with Crippen LogP contribution in [-0.2, 0) is 14.4 Å². The van der Waals surface area contributed by atoms with E-state index in [4.69, 9.17) is 5.11 Å². The zero-order valence-corrected chi connectivity index (χ0v) is 13.4. The third-order valence-electron chi connectivity index (χ3n) is 4.15. The summed E-state index contributed by atoms with van der Waals surface area (Å²) in [5.41, 5.74) is 1.22. The van der Waals surface area contributed by atoms with Gasteiger partial charge in [-0.2, -0.15) is 0 Å². The molecule has 1 aromatic carbocycles. The summed E-state index contributed by atoms with van der Waals surface area (Å²) < 4.78 is 0. The third kappa shape index (κ3) is 4.31. The number of anilines is 2. The lowest BCUT2D eigenvalue weighted by Gasteiger charge is -2.17. The zero-order chi connectivity index (χ0) is 17.0. The lowest BCUT2D eigenvalue weighted by Crippen LogP contribution is -2.26. The first-order chi connectivity index (χ1) is 10.9. The minimum absolute atomic E-state index is 0.0138. The number of carboxylic acids is 1. The minimum Gasteiger partial charge on any atom is -0.481 e. The van der Waals surface area contributed by atoms with Crippen molar-refractivity contribution in [3.05, 3.63) is 24.3 Å². The second-order valence-corrected chi connectivity index (χ2v) is 6.06. The fourth-order valence-corrected chi connectivity index (χ4v) is 2.55. The highest BCUT2D eigenvalue weighted by Crippen LogP contribution is 2.27. The number of benzene rings is 1. The molecule has 0 unspecified atom stereocenters. The Balaban J connectivity index is 2.07. The molecule has 0 aromatic heterocycles. The van der Waals surface area contributed by atoms with Crippen LogP contribution >= 0.6 is 0 Å². The minimum atomic E-state index is -0.959. The van der Waals surface area contributed by atoms with Crippen molar-refractivity contribution in [3.8, 4) is 0 Å². The van der Waals surface area contributed by atoms with Crippen molar-refractivity contribution < 1.29 is 19.5 Å². The van der Waals surface area contributed by atoms with E-state index in [-0.39, 0.29) is 24.8 Å². The van der Waals surface area contributed by atoms with E-state index < -0.39 is 11.9 Å². The average molecular weight is 318 g/mol. The van der Waals surface area contributed by atoms with Crippen molar-refractivity contribution in [1.82, 2.24) is 0 Å². The first kappa shape index (κ1) is 17.0. The predicted octanol–water partition coefficient (Wildman–Crippen LogP) is 2.50. The molecule has 0 aliphatic carbocycles. The fourth-order valence-electron chi connectivity index (χ4n) is 2.55. The van der Waals surface area contributed by atoms with Crippen LogP contribution in [0.1, 0.15) is 33.1 Å². The Hall–Kier alpha value is -2.37. The molecule has 1 aliphatic rings. The summed E-state index contributed by atoms with van der Waals surface area (Å²) in [6, 6.07) is 6.95. The molecule has 0 radical (unpaired) electrons. The number of amides is 2. The van der Waals surface area contributed by atoms with Crippen LogP contribution in [-0.4, -0.2) is 29.4 Å². The van der Waals surface area contributed by atoms with Gasteiger partial charge in [-0.15, -0.1) is 0 Å². The molecule has 1 aromatic rings. The highest BCUT2D eigenvalue weighted by molar-refractivity contribution is 6.00. The Labute approximate surface area is 135 Å². The molecule has 2 N–H and O–H groups in total. The number of carboxylic acid groups (broad SMARTS) is 1. The molecule has 0 spiro atoms. The Morgan fingerprint density at radius 3 is 2.78 bits per heavy atom. The largest absolute Gasteiger partial charge is 0.481 e. The van der Waals surface area contributed by atoms with Crippen molar-refractivity contribution in [3.63, 3.8) is 0 Å². The highest BCUT2D eigenvalue weighted by atomic mass is 16.4. The van der Waals surface area contributed by atoms with Crippen molar-refractivity contribution in [1.29, 1.82) is 0 Å². The van der Waals surface area contributed by atoms with Gasteiger partial charge in [-0.3, -0.25) is 14.4 Å². The number of carbonyl (C=O) groups is 3. The standard InChI is InChI=1S/C17H22N2O4/c1-3-11(2)7-15(20)18-13-5-4-6-14(9-13)19-10-12(17(22)23)8-16(19)21/h4-6,9,11-12H,3,7-8,10H2,1-2H3,(H,18,20)(H,22,23)/t11-,12-/m1/s1. The van der Waals surface area contributed by atoms with Gasteiger partial charge in [0.1, 0.15) is 0 Å². The van der Waals surface area contributed by atoms with Gasteiger partial charge in [-0.25, -0.2) is 0 Å². The smallest absolute Gasteiger partial charge is 0.308 e. The lowest BCUT2D eigenvalue weighted by atomic mass is 10.1. The monoisotopic (exact) mass is 318 g/mol. The van der Waals surface area contributed by atoms with Gasteiger partial charge >= 0.3 is 5.97 Å². The lowest BCUT2D eigenvalue weighted by molar-refractivity contribution is -0.141. The fraction of sp³-hybridized carbons (Fsp3) is 0.471. The van der Waals surface area contributed by atoms with Gasteiger partial charge in [0.2, 0.25) is 11.8 Å². The van der Waals surface area contributed by atoms with E-state index in [1.165, 1.54) is 4.90 Å². The first-order valence-corrected chi connectivity index (χ1v) is 7.83. The Morgan fingerprint density at radius 1 is 1.43 bits per heavy atom. The number of rotatable bonds is 6. The molecule has 1 heterocycles. The van der Waals surface area contributed by atoms with Crippen LogP contribution in [0.5, 0.6) is 0 Å². The molecule has 2 amide bonds. The van der Waals surface area contributed by atoms with E-state index in [1.54, 1.807) is 24.3 Å². The predicted molar refractivity (Wildman–Crippen MR) is 87.2 cm³/mol. The molecule has 6 heteroatoms. The number of carbonyl (C=O) groups excluding carboxylic acids is 2. The molecule has 0 saturated carbocycles. The summed E-state index contributed by atoms with van der Waals surface area (Å²) in [5, 5.41) is 11.9. The van der Waals surface area contributed by atoms with Crippen molar-refractivity contribution in [2.24, 2.45) is 11.8 Å². The van der Waals surface area contributed by atoms with Crippen molar-refractivity contribution in [2.45, 2.75) is 33.1 Å². The number of hydrogen-bond acceptors (Lipinski definition) is 3. The topological polar surface area (TPSA) is 86.7 Å². The van der Waals surface area contributed by atoms with Gasteiger partial charge in [0.25, 0.3) is 0 Å². The Kier molecular flexibility index (Phi) is 5.36. The molecular formula is C17H22N2O4. The number of hydrogen-bond donors (Lipinski definition) is 2. The summed E-state index contributed by atoms with van der Waals surface area (Å²) in [5.74, 6) is -1.59. The van der Waals surface area contributed by atoms with Crippen LogP contribution in [0, 0.1) is 11.8 Å². The summed E-state index contributed by atoms with van der Waals surface area (Å²) >= 11 is 0. The third-order valence-corrected chi connectivity index (χ3v) is 4.15. The molecule has 124 valence electrons. The normalized spacial score (nSPS) is 18.8. The van der Waals surface area contributed by atoms with Gasteiger partial charge in [-0.1, -0.05) is 26.3 Å². The van der Waals surface area contributed by atoms with Gasteiger partial charge in [0.15, 0.2) is 0 Å². The van der Waals surface area contributed by atoms with E-state index in [9.17, 15) is 14.4 Å². The van der Waals surface area contributed by atoms with Crippen LogP contribution in [0.4, 0.5) is 11.4 Å². The molecule has 1 aliphatic heterocycles. The maximum atomic E-state index is 12.0. The highest BCUT2D eigenvalue weighted by Gasteiger charge is 2.35. The van der Waals surface area contributed by atoms with Gasteiger partial charge in [-0.05, 0) is 24.1 Å². The molecular weight excluding hydrogens is 296 g/mol. The van der Waals surface area contributed by atoms with E-state index in [0.29, 0.717) is 23.7 Å². The maximum Gasteiger partial charge on any atom is 0.308 e. The van der Waals surface area contributed by atoms with Crippen LogP contribution in [0.25, 0.3) is 0 Å². The van der Waals surface area contributed by atoms with E-state index in [1.807, 2.05) is 13.8 Å². The maximum absolute atomic E-state index is 12.0. The van der Waals surface area contributed by atoms with Crippen LogP contribution in [0.2, 0.25) is 0 Å². The number of nitrogens with one attached hydrogen (secondary N) is 1. The molecule has 2 rings (SSSR count). The summed E-state index contributed by atoms with van der Waals surface area (Å²) in [6.07, 6.45) is 1.40. The number of aliphatic carboxylic acids is 1. The molecule has 2 atom stereocenters. The molecule has 0 bridgehead atoms. The first-order valence-electron chi connectivity index (χ1n) is 7.83. The molecule has 6 nitrogen and oxygen atoms in total. The summed E-state index contributed by atoms with van der Waals surface area (Å²) in [7, 11) is 0. The second kappa shape index (κ2) is 7.26.